The molecule has 2 aromatic carbocycles. The predicted molar refractivity (Wildman–Crippen MR) is 118 cm³/mol. The van der Waals surface area contributed by atoms with E-state index in [0.29, 0.717) is 32.7 Å². The van der Waals surface area contributed by atoms with Gasteiger partial charge in [-0.3, -0.25) is 4.79 Å². The Morgan fingerprint density at radius 3 is 2.10 bits per heavy atom. The largest absolute Gasteiger partial charge is 0.496 e. The maximum atomic E-state index is 12.1. The smallest absolute Gasteiger partial charge is 0.305 e. The molecular weight excluding hydrogens is 448 g/mol. The van der Waals surface area contributed by atoms with Crippen molar-refractivity contribution in [3.8, 4) is 11.5 Å². The first-order valence-electron chi connectivity index (χ1n) is 8.79. The molecule has 0 aromatic heterocycles. The van der Waals surface area contributed by atoms with Gasteiger partial charge in [-0.1, -0.05) is 12.1 Å². The summed E-state index contributed by atoms with van der Waals surface area (Å²) in [7, 11) is 1.35. The highest BCUT2D eigenvalue weighted by atomic mass is 35.5. The molecule has 0 fully saturated rings. The average molecular weight is 471 g/mol. The Kier molecular flexibility index (Phi) is 8.14. The molecule has 1 amide bonds. The second-order valence-corrected chi connectivity index (χ2v) is 7.65. The van der Waals surface area contributed by atoms with Crippen LogP contribution in [0.4, 0.5) is 5.69 Å². The summed E-state index contributed by atoms with van der Waals surface area (Å²) in [5.41, 5.74) is 1.03. The van der Waals surface area contributed by atoms with E-state index >= 15 is 0 Å². The zero-order valence-electron chi connectivity index (χ0n) is 17.4. The molecule has 2 aromatic rings. The van der Waals surface area contributed by atoms with E-state index in [1.807, 2.05) is 12.1 Å². The van der Waals surface area contributed by atoms with E-state index in [2.05, 4.69) is 0 Å². The average Bonchev–Trinajstić information content (AvgIpc) is 2.76. The number of ether oxygens (including phenoxy) is 4. The third-order valence-electron chi connectivity index (χ3n) is 4.22. The number of hydrogen-bond acceptors (Lipinski definition) is 7. The number of methoxy groups -OCH3 is 4. The van der Waals surface area contributed by atoms with Crippen molar-refractivity contribution in [3.63, 3.8) is 0 Å². The fraction of sp³-hybridized carbons (Fsp3) is 0.250. The minimum Gasteiger partial charge on any atom is -0.496 e. The minimum absolute atomic E-state index is 0.0509. The van der Waals surface area contributed by atoms with Gasteiger partial charge in [-0.15, -0.1) is 11.6 Å². The van der Waals surface area contributed by atoms with Crippen LogP contribution in [0.5, 0.6) is 11.5 Å². The predicted octanol–water partition coefficient (Wildman–Crippen LogP) is 2.60. The van der Waals surface area contributed by atoms with Gasteiger partial charge < -0.3 is 18.9 Å². The quantitative estimate of drug-likeness (QED) is 0.340. The molecule has 0 bridgehead atoms. The lowest BCUT2D eigenvalue weighted by molar-refractivity contribution is -0.115. The number of para-hydroxylation sites is 1. The first kappa shape index (κ1) is 24.3. The van der Waals surface area contributed by atoms with Gasteiger partial charge >= 0.3 is 10.2 Å². The van der Waals surface area contributed by atoms with Crippen LogP contribution >= 0.6 is 11.6 Å². The molecule has 0 saturated carbocycles. The van der Waals surface area contributed by atoms with Gasteiger partial charge in [-0.2, -0.15) is 12.7 Å². The molecule has 0 unspecified atom stereocenters. The molecule has 9 nitrogen and oxygen atoms in total. The highest BCUT2D eigenvalue weighted by molar-refractivity contribution is 7.91. The Labute approximate surface area is 186 Å². The molecule has 0 aliphatic carbocycles. The molecule has 2 rings (SSSR count). The first-order valence-corrected chi connectivity index (χ1v) is 10.8. The maximum Gasteiger partial charge on any atom is 0.305 e. The number of nitrogens with zero attached hydrogens (tertiary/aromatic N) is 1. The van der Waals surface area contributed by atoms with Gasteiger partial charge in [0.25, 0.3) is 5.91 Å². The normalized spacial score (nSPS) is 11.9. The molecular formula is C20H23ClN2O7S. The number of halogens is 1. The van der Waals surface area contributed by atoms with E-state index in [1.165, 1.54) is 46.6 Å². The summed E-state index contributed by atoms with van der Waals surface area (Å²) in [6.45, 7) is 0. The minimum atomic E-state index is -4.44. The second kappa shape index (κ2) is 10.4. The van der Waals surface area contributed by atoms with Crippen LogP contribution in [-0.2, 0) is 24.5 Å². The summed E-state index contributed by atoms with van der Waals surface area (Å²) >= 11 is 5.55. The Morgan fingerprint density at radius 2 is 1.58 bits per heavy atom. The van der Waals surface area contributed by atoms with Crippen molar-refractivity contribution < 1.29 is 32.2 Å². The summed E-state index contributed by atoms with van der Waals surface area (Å²) in [6, 6.07) is 11.6. The van der Waals surface area contributed by atoms with Crippen molar-refractivity contribution in [1.82, 2.24) is 0 Å². The van der Waals surface area contributed by atoms with Gasteiger partial charge in [0.1, 0.15) is 23.1 Å². The fourth-order valence-electron chi connectivity index (χ4n) is 2.95. The monoisotopic (exact) mass is 470 g/mol. The van der Waals surface area contributed by atoms with Crippen molar-refractivity contribution in [2.75, 3.05) is 38.6 Å². The molecule has 168 valence electrons. The van der Waals surface area contributed by atoms with E-state index in [4.69, 9.17) is 35.7 Å². The van der Waals surface area contributed by atoms with Crippen molar-refractivity contribution in [3.05, 3.63) is 53.6 Å². The lowest BCUT2D eigenvalue weighted by atomic mass is 10.1. The van der Waals surface area contributed by atoms with E-state index in [9.17, 15) is 13.2 Å². The Balaban J connectivity index is 2.72. The van der Waals surface area contributed by atoms with Gasteiger partial charge in [0.2, 0.25) is 0 Å². The van der Waals surface area contributed by atoms with Crippen LogP contribution < -0.4 is 18.9 Å². The maximum absolute atomic E-state index is 12.1. The van der Waals surface area contributed by atoms with Gasteiger partial charge in [-0.25, -0.2) is 5.14 Å². The zero-order chi connectivity index (χ0) is 23.2. The van der Waals surface area contributed by atoms with E-state index in [0.717, 1.165) is 0 Å². The number of rotatable bonds is 9. The summed E-state index contributed by atoms with van der Waals surface area (Å²) in [6.07, 6.45) is 0. The van der Waals surface area contributed by atoms with E-state index in [-0.39, 0.29) is 11.4 Å². The Bertz CT molecular complexity index is 1090. The number of hydrogen-bond donors (Lipinski definition) is 1. The van der Waals surface area contributed by atoms with Crippen LogP contribution in [0.1, 0.15) is 11.1 Å². The number of benzene rings is 2. The van der Waals surface area contributed by atoms with Gasteiger partial charge in [0.15, 0.2) is 11.5 Å². The van der Waals surface area contributed by atoms with Gasteiger partial charge in [-0.05, 0) is 30.3 Å². The van der Waals surface area contributed by atoms with Gasteiger partial charge in [0.05, 0.1) is 34.0 Å². The fourth-order valence-corrected chi connectivity index (χ4v) is 3.92. The summed E-state index contributed by atoms with van der Waals surface area (Å²) in [5.74, 6) is -0.214. The van der Waals surface area contributed by atoms with Crippen molar-refractivity contribution in [2.24, 2.45) is 5.14 Å². The van der Waals surface area contributed by atoms with Crippen molar-refractivity contribution in [2.45, 2.75) is 0 Å². The number of carbonyl (C=O) groups is 1. The zero-order valence-corrected chi connectivity index (χ0v) is 19.0. The van der Waals surface area contributed by atoms with Gasteiger partial charge in [0, 0.05) is 5.56 Å². The molecule has 0 aliphatic heterocycles. The van der Waals surface area contributed by atoms with Crippen LogP contribution in [0.15, 0.2) is 42.5 Å². The van der Waals surface area contributed by atoms with Crippen LogP contribution in [0, 0.1) is 0 Å². The van der Waals surface area contributed by atoms with Crippen LogP contribution in [0.25, 0.3) is 11.5 Å². The molecule has 0 saturated heterocycles. The molecule has 31 heavy (non-hydrogen) atoms. The van der Waals surface area contributed by atoms with E-state index < -0.39 is 22.0 Å². The third kappa shape index (κ3) is 5.22. The number of carbonyl (C=O) groups excluding carboxylic acids is 1. The summed E-state index contributed by atoms with van der Waals surface area (Å²) in [4.78, 5) is 12.1. The highest BCUT2D eigenvalue weighted by Crippen LogP contribution is 2.37. The van der Waals surface area contributed by atoms with Crippen LogP contribution in [-0.4, -0.2) is 48.6 Å². The number of anilines is 1. The van der Waals surface area contributed by atoms with Crippen molar-refractivity contribution in [1.29, 1.82) is 0 Å². The standard InChI is InChI=1S/C20H23ClN2O7S/c1-27-16-8-6-5-7-14(16)20(30-4)19(29-3)13-9-10-15(17(11-13)28-2)23(18(24)12-21)31(22,25)26/h5-11H,12H2,1-4H3,(H2,22,25,26). The summed E-state index contributed by atoms with van der Waals surface area (Å²) in [5, 5.41) is 5.21. The Hall–Kier alpha value is -2.95. The van der Waals surface area contributed by atoms with Crippen molar-refractivity contribution >= 4 is 44.9 Å². The molecule has 2 N–H and O–H groups in total. The second-order valence-electron chi connectivity index (χ2n) is 5.99. The molecule has 0 atom stereocenters. The SMILES string of the molecule is COC(=C(OC)c1ccccc1OC)c1ccc(N(C(=O)CCl)S(N)(=O)=O)c(OC)c1. The lowest BCUT2D eigenvalue weighted by Gasteiger charge is -2.22. The topological polar surface area (TPSA) is 117 Å². The first-order chi connectivity index (χ1) is 14.7. The number of amides is 1. The molecule has 0 radical (unpaired) electrons. The third-order valence-corrected chi connectivity index (χ3v) is 5.36. The van der Waals surface area contributed by atoms with Crippen LogP contribution in [0.2, 0.25) is 0 Å². The van der Waals surface area contributed by atoms with Crippen LogP contribution in [0.3, 0.4) is 0 Å². The van der Waals surface area contributed by atoms with E-state index in [1.54, 1.807) is 12.1 Å². The molecule has 0 aliphatic rings. The lowest BCUT2D eigenvalue weighted by Crippen LogP contribution is -2.42. The molecule has 0 spiro atoms. The summed E-state index contributed by atoms with van der Waals surface area (Å²) < 4.78 is 46.2. The number of nitrogens with two attached hydrogens (primary N) is 1. The highest BCUT2D eigenvalue weighted by Gasteiger charge is 2.29. The number of alkyl halides is 1. The molecule has 0 heterocycles. The Morgan fingerprint density at radius 1 is 0.968 bits per heavy atom. The molecule has 11 heteroatoms.